The number of nitrogens with one attached hydrogen (secondary N) is 1. The van der Waals surface area contributed by atoms with E-state index in [2.05, 4.69) is 20.3 Å². The number of hydrogen-bond acceptors (Lipinski definition) is 6. The number of methoxy groups -OCH3 is 1. The molecule has 0 spiro atoms. The highest BCUT2D eigenvalue weighted by atomic mass is 16.5. The number of benzene rings is 1. The number of rotatable bonds is 4. The van der Waals surface area contributed by atoms with Gasteiger partial charge in [0, 0.05) is 5.39 Å². The molecule has 6 nitrogen and oxygen atoms in total. The third-order valence-electron chi connectivity index (χ3n) is 3.29. The van der Waals surface area contributed by atoms with Crippen LogP contribution < -0.4 is 5.32 Å². The summed E-state index contributed by atoms with van der Waals surface area (Å²) in [6, 6.07) is 13.0. The van der Waals surface area contributed by atoms with Crippen molar-refractivity contribution in [1.29, 1.82) is 0 Å². The topological polar surface area (TPSA) is 77.2 Å². The van der Waals surface area contributed by atoms with E-state index in [0.29, 0.717) is 5.82 Å². The van der Waals surface area contributed by atoms with Gasteiger partial charge in [0.25, 0.3) is 0 Å². The Kier molecular flexibility index (Phi) is 3.74. The van der Waals surface area contributed by atoms with E-state index in [4.69, 9.17) is 4.42 Å². The third kappa shape index (κ3) is 2.76. The van der Waals surface area contributed by atoms with E-state index >= 15 is 0 Å². The highest BCUT2D eigenvalue weighted by molar-refractivity contribution is 5.87. The second kappa shape index (κ2) is 5.85. The minimum atomic E-state index is -0.510. The Hall–Kier alpha value is -2.89. The summed E-state index contributed by atoms with van der Waals surface area (Å²) >= 11 is 0. The van der Waals surface area contributed by atoms with Crippen molar-refractivity contribution in [3.8, 4) is 0 Å². The lowest BCUT2D eigenvalue weighted by molar-refractivity contribution is 0.0593. The van der Waals surface area contributed by atoms with E-state index in [0.717, 1.165) is 16.7 Å². The van der Waals surface area contributed by atoms with Gasteiger partial charge in [-0.05, 0) is 31.2 Å². The molecule has 1 atom stereocenters. The molecule has 0 aliphatic carbocycles. The highest BCUT2D eigenvalue weighted by Crippen LogP contribution is 2.25. The molecule has 2 aromatic heterocycles. The molecule has 112 valence electrons. The van der Waals surface area contributed by atoms with Crippen LogP contribution in [-0.2, 0) is 4.74 Å². The zero-order valence-corrected chi connectivity index (χ0v) is 12.2. The molecule has 6 heteroatoms. The number of furan rings is 1. The van der Waals surface area contributed by atoms with Gasteiger partial charge in [0.2, 0.25) is 0 Å². The van der Waals surface area contributed by atoms with Gasteiger partial charge < -0.3 is 14.5 Å². The van der Waals surface area contributed by atoms with Crippen LogP contribution in [0.1, 0.15) is 29.2 Å². The summed E-state index contributed by atoms with van der Waals surface area (Å²) in [7, 11) is 1.31. The second-order valence-electron chi connectivity index (χ2n) is 4.85. The molecule has 0 unspecified atom stereocenters. The number of ether oxygens (including phenoxy) is 1. The first-order valence-electron chi connectivity index (χ1n) is 6.84. The number of nitrogens with zero attached hydrogens (tertiary/aromatic N) is 2. The van der Waals surface area contributed by atoms with Crippen molar-refractivity contribution in [2.24, 2.45) is 0 Å². The SMILES string of the molecule is COC(=O)c1ccc(N[C@H](C)c2cc3ccccc3o2)nn1. The van der Waals surface area contributed by atoms with E-state index in [1.54, 1.807) is 12.1 Å². The molecular weight excluding hydrogens is 282 g/mol. The highest BCUT2D eigenvalue weighted by Gasteiger charge is 2.13. The van der Waals surface area contributed by atoms with Gasteiger partial charge in [0.1, 0.15) is 17.2 Å². The maximum Gasteiger partial charge on any atom is 0.358 e. The standard InChI is InChI=1S/C16H15N3O3/c1-10(14-9-11-5-3-4-6-13(11)22-14)17-15-8-7-12(18-19-15)16(20)21-2/h3-10H,1-2H3,(H,17,19)/t10-/m1/s1. The fourth-order valence-electron chi connectivity index (χ4n) is 2.13. The fourth-order valence-corrected chi connectivity index (χ4v) is 2.13. The molecule has 0 radical (unpaired) electrons. The lowest BCUT2D eigenvalue weighted by Crippen LogP contribution is -2.10. The third-order valence-corrected chi connectivity index (χ3v) is 3.29. The predicted molar refractivity (Wildman–Crippen MR) is 81.6 cm³/mol. The minimum Gasteiger partial charge on any atom is -0.464 e. The quantitative estimate of drug-likeness (QED) is 0.745. The Morgan fingerprint density at radius 3 is 2.73 bits per heavy atom. The average Bonchev–Trinajstić information content (AvgIpc) is 2.99. The number of hydrogen-bond donors (Lipinski definition) is 1. The van der Waals surface area contributed by atoms with E-state index in [9.17, 15) is 4.79 Å². The normalized spacial score (nSPS) is 12.1. The van der Waals surface area contributed by atoms with Gasteiger partial charge >= 0.3 is 5.97 Å². The van der Waals surface area contributed by atoms with Crippen LogP contribution in [-0.4, -0.2) is 23.3 Å². The molecule has 22 heavy (non-hydrogen) atoms. The van der Waals surface area contributed by atoms with Crippen LogP contribution in [0.3, 0.4) is 0 Å². The monoisotopic (exact) mass is 297 g/mol. The molecule has 0 aliphatic heterocycles. The zero-order valence-electron chi connectivity index (χ0n) is 12.2. The fraction of sp³-hybridized carbons (Fsp3) is 0.188. The number of aromatic nitrogens is 2. The van der Waals surface area contributed by atoms with E-state index in [1.807, 2.05) is 37.3 Å². The van der Waals surface area contributed by atoms with Crippen molar-refractivity contribution >= 4 is 22.8 Å². The smallest absolute Gasteiger partial charge is 0.358 e. The molecule has 3 aromatic rings. The summed E-state index contributed by atoms with van der Waals surface area (Å²) in [5.41, 5.74) is 1.02. The number of para-hydroxylation sites is 1. The summed E-state index contributed by atoms with van der Waals surface area (Å²) in [4.78, 5) is 11.3. The Morgan fingerprint density at radius 1 is 1.23 bits per heavy atom. The van der Waals surface area contributed by atoms with Crippen molar-refractivity contribution < 1.29 is 13.9 Å². The number of anilines is 1. The van der Waals surface area contributed by atoms with Crippen LogP contribution in [0.15, 0.2) is 46.9 Å². The first-order valence-corrected chi connectivity index (χ1v) is 6.84. The number of carbonyl (C=O) groups excluding carboxylic acids is 1. The van der Waals surface area contributed by atoms with E-state index in [-0.39, 0.29) is 11.7 Å². The number of carbonyl (C=O) groups is 1. The molecular formula is C16H15N3O3. The van der Waals surface area contributed by atoms with Crippen molar-refractivity contribution in [1.82, 2.24) is 10.2 Å². The Labute approximate surface area is 127 Å². The van der Waals surface area contributed by atoms with Crippen LogP contribution in [0.25, 0.3) is 11.0 Å². The molecule has 0 fully saturated rings. The van der Waals surface area contributed by atoms with Crippen LogP contribution in [0.5, 0.6) is 0 Å². The van der Waals surface area contributed by atoms with Gasteiger partial charge in [-0.2, -0.15) is 0 Å². The van der Waals surface area contributed by atoms with Crippen LogP contribution in [0, 0.1) is 0 Å². The van der Waals surface area contributed by atoms with Crippen molar-refractivity contribution in [3.05, 3.63) is 53.9 Å². The average molecular weight is 297 g/mol. The van der Waals surface area contributed by atoms with Gasteiger partial charge in [-0.15, -0.1) is 10.2 Å². The summed E-state index contributed by atoms with van der Waals surface area (Å²) < 4.78 is 10.4. The lowest BCUT2D eigenvalue weighted by Gasteiger charge is -2.11. The van der Waals surface area contributed by atoms with Gasteiger partial charge in [0.05, 0.1) is 13.2 Å². The first-order chi connectivity index (χ1) is 10.7. The maximum absolute atomic E-state index is 11.3. The second-order valence-corrected chi connectivity index (χ2v) is 4.85. The van der Waals surface area contributed by atoms with Crippen molar-refractivity contribution in [3.63, 3.8) is 0 Å². The summed E-state index contributed by atoms with van der Waals surface area (Å²) in [6.07, 6.45) is 0. The molecule has 0 saturated heterocycles. The summed E-state index contributed by atoms with van der Waals surface area (Å²) in [5, 5.41) is 12.0. The molecule has 3 rings (SSSR count). The summed E-state index contributed by atoms with van der Waals surface area (Å²) in [6.45, 7) is 1.97. The molecule has 0 bridgehead atoms. The zero-order chi connectivity index (χ0) is 15.5. The van der Waals surface area contributed by atoms with Gasteiger partial charge in [0.15, 0.2) is 5.69 Å². The van der Waals surface area contributed by atoms with Gasteiger partial charge in [-0.25, -0.2) is 4.79 Å². The van der Waals surface area contributed by atoms with Crippen LogP contribution in [0.2, 0.25) is 0 Å². The largest absolute Gasteiger partial charge is 0.464 e. The van der Waals surface area contributed by atoms with E-state index in [1.165, 1.54) is 7.11 Å². The number of esters is 1. The minimum absolute atomic E-state index is 0.0781. The molecule has 1 aromatic carbocycles. The van der Waals surface area contributed by atoms with Crippen molar-refractivity contribution in [2.75, 3.05) is 12.4 Å². The summed E-state index contributed by atoms with van der Waals surface area (Å²) in [5.74, 6) is 0.852. The Bertz CT molecular complexity index is 763. The van der Waals surface area contributed by atoms with Gasteiger partial charge in [-0.3, -0.25) is 0 Å². The lowest BCUT2D eigenvalue weighted by atomic mass is 10.2. The van der Waals surface area contributed by atoms with Crippen LogP contribution in [0.4, 0.5) is 5.82 Å². The van der Waals surface area contributed by atoms with Gasteiger partial charge in [-0.1, -0.05) is 18.2 Å². The van der Waals surface area contributed by atoms with E-state index < -0.39 is 5.97 Å². The first kappa shape index (κ1) is 14.1. The van der Waals surface area contributed by atoms with Crippen molar-refractivity contribution in [2.45, 2.75) is 13.0 Å². The molecule has 0 aliphatic rings. The van der Waals surface area contributed by atoms with Crippen LogP contribution >= 0.6 is 0 Å². The molecule has 2 heterocycles. The maximum atomic E-state index is 11.3. The predicted octanol–water partition coefficient (Wildman–Crippen LogP) is 3.18. The molecule has 0 amide bonds. The molecule has 1 N–H and O–H groups in total. The molecule has 0 saturated carbocycles. The Balaban J connectivity index is 1.75. The Morgan fingerprint density at radius 2 is 2.05 bits per heavy atom. The number of fused-ring (bicyclic) bond motifs is 1.